The number of carbonyl (C=O) groups is 1. The Morgan fingerprint density at radius 3 is 2.67 bits per heavy atom. The van der Waals surface area contributed by atoms with Crippen LogP contribution in [0.5, 0.6) is 0 Å². The average molecular weight is 347 g/mol. The molecule has 1 aromatic carbocycles. The van der Waals surface area contributed by atoms with Gasteiger partial charge in [0.2, 0.25) is 5.91 Å². The van der Waals surface area contributed by atoms with Crippen molar-refractivity contribution in [2.24, 2.45) is 5.92 Å². The van der Waals surface area contributed by atoms with Crippen molar-refractivity contribution in [1.29, 1.82) is 0 Å². The van der Waals surface area contributed by atoms with Gasteiger partial charge in [0.05, 0.1) is 11.2 Å². The number of hydrogen-bond acceptors (Lipinski definition) is 4. The predicted octanol–water partition coefficient (Wildman–Crippen LogP) is 2.94. The van der Waals surface area contributed by atoms with Crippen molar-refractivity contribution in [3.8, 4) is 0 Å². The van der Waals surface area contributed by atoms with Crippen LogP contribution in [0.2, 0.25) is 0 Å². The third-order valence-corrected chi connectivity index (χ3v) is 6.50. The molecule has 1 fully saturated rings. The van der Waals surface area contributed by atoms with E-state index in [1.54, 1.807) is 31.2 Å². The topological polar surface area (TPSA) is 76.4 Å². The largest absolute Gasteiger partial charge is 0.468 e. The minimum Gasteiger partial charge on any atom is -0.468 e. The molecule has 1 aliphatic rings. The second-order valence-corrected chi connectivity index (χ2v) is 8.44. The van der Waals surface area contributed by atoms with Crippen molar-refractivity contribution in [2.75, 3.05) is 6.54 Å². The highest BCUT2D eigenvalue weighted by molar-refractivity contribution is 7.91. The summed E-state index contributed by atoms with van der Waals surface area (Å²) in [6.45, 7) is 3.64. The molecule has 0 spiro atoms. The van der Waals surface area contributed by atoms with Crippen LogP contribution in [0, 0.1) is 19.8 Å². The van der Waals surface area contributed by atoms with Gasteiger partial charge in [0.25, 0.3) is 0 Å². The highest BCUT2D eigenvalue weighted by atomic mass is 32.2. The summed E-state index contributed by atoms with van der Waals surface area (Å²) in [5, 5.41) is 1.83. The van der Waals surface area contributed by atoms with Crippen LogP contribution >= 0.6 is 0 Å². The molecule has 1 heterocycles. The maximum atomic E-state index is 13.2. The maximum absolute atomic E-state index is 13.2. The molecule has 0 bridgehead atoms. The third-order valence-electron chi connectivity index (χ3n) is 4.30. The van der Waals surface area contributed by atoms with Crippen LogP contribution < -0.4 is 5.32 Å². The number of furan rings is 1. The molecule has 6 heteroatoms. The van der Waals surface area contributed by atoms with Gasteiger partial charge in [-0.25, -0.2) is 8.42 Å². The van der Waals surface area contributed by atoms with Crippen molar-refractivity contribution >= 4 is 15.7 Å². The lowest BCUT2D eigenvalue weighted by molar-refractivity contribution is -0.122. The maximum Gasteiger partial charge on any atom is 0.223 e. The van der Waals surface area contributed by atoms with Crippen molar-refractivity contribution in [2.45, 2.75) is 36.8 Å². The zero-order chi connectivity index (χ0) is 17.3. The van der Waals surface area contributed by atoms with E-state index in [1.165, 1.54) is 6.26 Å². The molecule has 1 atom stereocenters. The van der Waals surface area contributed by atoms with Gasteiger partial charge in [0, 0.05) is 12.5 Å². The lowest BCUT2D eigenvalue weighted by Gasteiger charge is -2.18. The van der Waals surface area contributed by atoms with Crippen molar-refractivity contribution < 1.29 is 17.6 Å². The molecule has 0 radical (unpaired) electrons. The Morgan fingerprint density at radius 2 is 2.04 bits per heavy atom. The summed E-state index contributed by atoms with van der Waals surface area (Å²) in [5.74, 6) is 0.292. The standard InChI is InChI=1S/C18H21NO4S/c1-12-5-6-13(2)16(10-12)24(21,22)17(15-4-3-9-23-15)11-19-18(20)14-7-8-14/h3-6,9-10,14,17H,7-8,11H2,1-2H3,(H,19,20)/t17-/m0/s1. The molecule has 1 aromatic heterocycles. The SMILES string of the molecule is Cc1ccc(C)c(S(=O)(=O)[C@@H](CNC(=O)C2CC2)c2ccco2)c1. The highest BCUT2D eigenvalue weighted by Gasteiger charge is 2.35. The summed E-state index contributed by atoms with van der Waals surface area (Å²) in [6, 6.07) is 8.64. The monoisotopic (exact) mass is 347 g/mol. The Labute approximate surface area is 142 Å². The molecule has 1 saturated carbocycles. The van der Waals surface area contributed by atoms with E-state index in [0.717, 1.165) is 18.4 Å². The van der Waals surface area contributed by atoms with Crippen LogP contribution in [0.4, 0.5) is 0 Å². The first kappa shape index (κ1) is 16.8. The highest BCUT2D eigenvalue weighted by Crippen LogP contribution is 2.32. The van der Waals surface area contributed by atoms with Gasteiger partial charge in [-0.3, -0.25) is 4.79 Å². The molecule has 0 unspecified atom stereocenters. The number of hydrogen-bond donors (Lipinski definition) is 1. The molecule has 24 heavy (non-hydrogen) atoms. The van der Waals surface area contributed by atoms with Crippen molar-refractivity contribution in [3.05, 3.63) is 53.5 Å². The van der Waals surface area contributed by atoms with E-state index in [-0.39, 0.29) is 23.3 Å². The van der Waals surface area contributed by atoms with Crippen LogP contribution in [-0.4, -0.2) is 20.9 Å². The van der Waals surface area contributed by atoms with E-state index in [0.29, 0.717) is 11.3 Å². The second kappa shape index (κ2) is 6.43. The number of nitrogens with one attached hydrogen (secondary N) is 1. The van der Waals surface area contributed by atoms with E-state index in [2.05, 4.69) is 5.32 Å². The summed E-state index contributed by atoms with van der Waals surface area (Å²) in [4.78, 5) is 12.2. The Bertz CT molecular complexity index is 836. The zero-order valence-electron chi connectivity index (χ0n) is 13.8. The van der Waals surface area contributed by atoms with Gasteiger partial charge in [-0.15, -0.1) is 0 Å². The predicted molar refractivity (Wildman–Crippen MR) is 90.3 cm³/mol. The Morgan fingerprint density at radius 1 is 1.29 bits per heavy atom. The first-order valence-electron chi connectivity index (χ1n) is 8.02. The van der Waals surface area contributed by atoms with Crippen molar-refractivity contribution in [3.63, 3.8) is 0 Å². The Kier molecular flexibility index (Phi) is 4.49. The van der Waals surface area contributed by atoms with Crippen LogP contribution in [-0.2, 0) is 14.6 Å². The molecule has 1 N–H and O–H groups in total. The molecule has 1 amide bonds. The molecule has 2 aromatic rings. The number of sulfone groups is 1. The van der Waals surface area contributed by atoms with Crippen molar-refractivity contribution in [1.82, 2.24) is 5.32 Å². The molecule has 5 nitrogen and oxygen atoms in total. The first-order valence-corrected chi connectivity index (χ1v) is 9.56. The van der Waals surface area contributed by atoms with Gasteiger partial charge in [0.1, 0.15) is 11.0 Å². The number of aryl methyl sites for hydroxylation is 2. The first-order chi connectivity index (χ1) is 11.4. The molecule has 3 rings (SSSR count). The molecular weight excluding hydrogens is 326 g/mol. The van der Waals surface area contributed by atoms with Gasteiger partial charge in [0.15, 0.2) is 9.84 Å². The Hall–Kier alpha value is -2.08. The minimum atomic E-state index is -3.69. The smallest absolute Gasteiger partial charge is 0.223 e. The molecule has 0 aliphatic heterocycles. The van der Waals surface area contributed by atoms with E-state index < -0.39 is 15.1 Å². The fourth-order valence-corrected chi connectivity index (χ4v) is 4.60. The van der Waals surface area contributed by atoms with Gasteiger partial charge >= 0.3 is 0 Å². The average Bonchev–Trinajstić information content (AvgIpc) is 3.26. The summed E-state index contributed by atoms with van der Waals surface area (Å²) < 4.78 is 31.7. The number of amides is 1. The van der Waals surface area contributed by atoms with Gasteiger partial charge < -0.3 is 9.73 Å². The lowest BCUT2D eigenvalue weighted by Crippen LogP contribution is -2.32. The molecule has 1 aliphatic carbocycles. The third kappa shape index (κ3) is 3.38. The molecular formula is C18H21NO4S. The van der Waals surface area contributed by atoms with E-state index in [9.17, 15) is 13.2 Å². The van der Waals surface area contributed by atoms with Crippen LogP contribution in [0.1, 0.15) is 35.0 Å². The summed E-state index contributed by atoms with van der Waals surface area (Å²) in [6.07, 6.45) is 3.20. The fourth-order valence-electron chi connectivity index (χ4n) is 2.69. The summed E-state index contributed by atoms with van der Waals surface area (Å²) >= 11 is 0. The van der Waals surface area contributed by atoms with E-state index in [4.69, 9.17) is 4.42 Å². The second-order valence-electron chi connectivity index (χ2n) is 6.34. The number of rotatable bonds is 6. The van der Waals surface area contributed by atoms with Crippen LogP contribution in [0.25, 0.3) is 0 Å². The number of carbonyl (C=O) groups excluding carboxylic acids is 1. The zero-order valence-corrected chi connectivity index (χ0v) is 14.6. The van der Waals surface area contributed by atoms with Crippen LogP contribution in [0.3, 0.4) is 0 Å². The normalized spacial score (nSPS) is 15.9. The van der Waals surface area contributed by atoms with Gasteiger partial charge in [-0.1, -0.05) is 12.1 Å². The quantitative estimate of drug-likeness (QED) is 0.872. The fraction of sp³-hybridized carbons (Fsp3) is 0.389. The molecule has 128 valence electrons. The van der Waals surface area contributed by atoms with Gasteiger partial charge in [-0.2, -0.15) is 0 Å². The summed E-state index contributed by atoms with van der Waals surface area (Å²) in [5.41, 5.74) is 1.56. The Balaban J connectivity index is 1.94. The minimum absolute atomic E-state index is 0.0125. The van der Waals surface area contributed by atoms with Gasteiger partial charge in [-0.05, 0) is 56.0 Å². The number of benzene rings is 1. The molecule has 0 saturated heterocycles. The van der Waals surface area contributed by atoms with E-state index in [1.807, 2.05) is 13.0 Å². The lowest BCUT2D eigenvalue weighted by atomic mass is 10.2. The van der Waals surface area contributed by atoms with E-state index >= 15 is 0 Å². The van der Waals surface area contributed by atoms with Crippen LogP contribution in [0.15, 0.2) is 45.9 Å². The summed E-state index contributed by atoms with van der Waals surface area (Å²) in [7, 11) is -3.69.